The van der Waals surface area contributed by atoms with Crippen LogP contribution >= 0.6 is 0 Å². The Labute approximate surface area is 113 Å². The van der Waals surface area contributed by atoms with Gasteiger partial charge in [0.2, 0.25) is 0 Å². The molecule has 0 aliphatic carbocycles. The zero-order valence-electron chi connectivity index (χ0n) is 11.1. The first-order valence-corrected chi connectivity index (χ1v) is 6.67. The van der Waals surface area contributed by atoms with Gasteiger partial charge >= 0.3 is 5.97 Å². The summed E-state index contributed by atoms with van der Waals surface area (Å²) in [5, 5.41) is 8.89. The number of hydrogen-bond acceptors (Lipinski definition) is 4. The fourth-order valence-corrected chi connectivity index (χ4v) is 2.58. The fraction of sp³-hybridized carbons (Fsp3) is 0.467. The minimum absolute atomic E-state index is 0.209. The molecule has 2 rings (SSSR count). The summed E-state index contributed by atoms with van der Waals surface area (Å²) in [6, 6.07) is 9.91. The van der Waals surface area contributed by atoms with Crippen molar-refractivity contribution in [2.24, 2.45) is 0 Å². The summed E-state index contributed by atoms with van der Waals surface area (Å²) in [5.74, 6) is -0.291. The van der Waals surface area contributed by atoms with E-state index in [4.69, 9.17) is 10.00 Å². The summed E-state index contributed by atoms with van der Waals surface area (Å²) in [7, 11) is 0. The number of anilines is 1. The van der Waals surface area contributed by atoms with Crippen LogP contribution in [0.3, 0.4) is 0 Å². The van der Waals surface area contributed by atoms with Gasteiger partial charge in [-0.15, -0.1) is 0 Å². The number of rotatable bonds is 4. The summed E-state index contributed by atoms with van der Waals surface area (Å²) in [5.41, 5.74) is 1.48. The second kappa shape index (κ2) is 6.24. The number of nitriles is 1. The predicted octanol–water partition coefficient (Wildman–Crippen LogP) is 2.75. The minimum Gasteiger partial charge on any atom is -0.462 e. The van der Waals surface area contributed by atoms with Crippen molar-refractivity contribution in [3.8, 4) is 6.07 Å². The van der Waals surface area contributed by atoms with E-state index < -0.39 is 0 Å². The maximum absolute atomic E-state index is 12.0. The number of hydrogen-bond donors (Lipinski definition) is 0. The van der Waals surface area contributed by atoms with Gasteiger partial charge < -0.3 is 9.64 Å². The SMILES string of the molecule is CCOC(=O)c1ccccc1N1CCCC1CC#N. The molecular weight excluding hydrogens is 240 g/mol. The van der Waals surface area contributed by atoms with E-state index in [0.717, 1.165) is 25.1 Å². The molecule has 4 nitrogen and oxygen atoms in total. The maximum atomic E-state index is 12.0. The lowest BCUT2D eigenvalue weighted by atomic mass is 10.1. The van der Waals surface area contributed by atoms with Crippen LogP contribution in [-0.2, 0) is 4.74 Å². The first kappa shape index (κ1) is 13.4. The average molecular weight is 258 g/mol. The van der Waals surface area contributed by atoms with Crippen LogP contribution in [0.2, 0.25) is 0 Å². The van der Waals surface area contributed by atoms with Crippen molar-refractivity contribution in [3.63, 3.8) is 0 Å². The molecule has 1 unspecified atom stereocenters. The van der Waals surface area contributed by atoms with Gasteiger partial charge in [-0.05, 0) is 31.9 Å². The Bertz CT molecular complexity index is 493. The Morgan fingerprint density at radius 3 is 3.05 bits per heavy atom. The molecule has 0 radical (unpaired) electrons. The summed E-state index contributed by atoms with van der Waals surface area (Å²) < 4.78 is 5.09. The van der Waals surface area contributed by atoms with E-state index in [1.165, 1.54) is 0 Å². The molecule has 4 heteroatoms. The lowest BCUT2D eigenvalue weighted by Gasteiger charge is -2.26. The molecule has 1 heterocycles. The maximum Gasteiger partial charge on any atom is 0.340 e. The predicted molar refractivity (Wildman–Crippen MR) is 73.0 cm³/mol. The molecule has 19 heavy (non-hydrogen) atoms. The minimum atomic E-state index is -0.291. The average Bonchev–Trinajstić information content (AvgIpc) is 2.87. The lowest BCUT2D eigenvalue weighted by molar-refractivity contribution is 0.0527. The van der Waals surface area contributed by atoms with E-state index in [1.807, 2.05) is 18.2 Å². The Morgan fingerprint density at radius 1 is 1.53 bits per heavy atom. The van der Waals surface area contributed by atoms with Crippen molar-refractivity contribution in [1.82, 2.24) is 0 Å². The Balaban J connectivity index is 2.29. The van der Waals surface area contributed by atoms with E-state index in [1.54, 1.807) is 13.0 Å². The third-order valence-corrected chi connectivity index (χ3v) is 3.41. The van der Waals surface area contributed by atoms with Gasteiger partial charge in [-0.3, -0.25) is 0 Å². The highest BCUT2D eigenvalue weighted by Crippen LogP contribution is 2.30. The van der Waals surface area contributed by atoms with Crippen LogP contribution in [0.25, 0.3) is 0 Å². The van der Waals surface area contributed by atoms with Crippen LogP contribution in [0.5, 0.6) is 0 Å². The molecule has 1 saturated heterocycles. The molecular formula is C15H18N2O2. The third-order valence-electron chi connectivity index (χ3n) is 3.41. The molecule has 1 aromatic carbocycles. The number of nitrogens with zero attached hydrogens (tertiary/aromatic N) is 2. The number of carbonyl (C=O) groups is 1. The molecule has 0 saturated carbocycles. The molecule has 100 valence electrons. The Hall–Kier alpha value is -2.02. The summed E-state index contributed by atoms with van der Waals surface area (Å²) >= 11 is 0. The molecule has 0 spiro atoms. The fourth-order valence-electron chi connectivity index (χ4n) is 2.58. The highest BCUT2D eigenvalue weighted by Gasteiger charge is 2.27. The number of carbonyl (C=O) groups excluding carboxylic acids is 1. The quantitative estimate of drug-likeness (QED) is 0.779. The van der Waals surface area contributed by atoms with Crippen molar-refractivity contribution < 1.29 is 9.53 Å². The van der Waals surface area contributed by atoms with Gasteiger partial charge in [0, 0.05) is 12.6 Å². The Morgan fingerprint density at radius 2 is 2.32 bits per heavy atom. The van der Waals surface area contributed by atoms with Crippen molar-refractivity contribution in [3.05, 3.63) is 29.8 Å². The van der Waals surface area contributed by atoms with E-state index in [-0.39, 0.29) is 12.0 Å². The van der Waals surface area contributed by atoms with Gasteiger partial charge in [-0.2, -0.15) is 5.26 Å². The molecule has 1 aromatic rings. The molecule has 1 fully saturated rings. The molecule has 0 N–H and O–H groups in total. The first-order valence-electron chi connectivity index (χ1n) is 6.67. The topological polar surface area (TPSA) is 53.3 Å². The van der Waals surface area contributed by atoms with Gasteiger partial charge in [-0.1, -0.05) is 12.1 Å². The van der Waals surface area contributed by atoms with Crippen molar-refractivity contribution in [2.75, 3.05) is 18.1 Å². The van der Waals surface area contributed by atoms with E-state index in [9.17, 15) is 4.79 Å². The largest absolute Gasteiger partial charge is 0.462 e. The molecule has 1 atom stereocenters. The number of para-hydroxylation sites is 1. The highest BCUT2D eigenvalue weighted by molar-refractivity contribution is 5.96. The van der Waals surface area contributed by atoms with E-state index >= 15 is 0 Å². The van der Waals surface area contributed by atoms with Crippen LogP contribution in [0.15, 0.2) is 24.3 Å². The standard InChI is InChI=1S/C15H18N2O2/c1-2-19-15(18)13-7-3-4-8-14(13)17-11-5-6-12(17)9-10-16/h3-4,7-8,12H,2,5-6,9,11H2,1H3. The molecule has 1 aliphatic rings. The lowest BCUT2D eigenvalue weighted by Crippen LogP contribution is -2.30. The van der Waals surface area contributed by atoms with Crippen molar-refractivity contribution >= 4 is 11.7 Å². The second-order valence-electron chi connectivity index (χ2n) is 4.59. The van der Waals surface area contributed by atoms with Crippen LogP contribution in [0.1, 0.15) is 36.5 Å². The highest BCUT2D eigenvalue weighted by atomic mass is 16.5. The van der Waals surface area contributed by atoms with E-state index in [2.05, 4.69) is 11.0 Å². The molecule has 0 amide bonds. The third kappa shape index (κ3) is 2.87. The zero-order chi connectivity index (χ0) is 13.7. The van der Waals surface area contributed by atoms with Gasteiger partial charge in [-0.25, -0.2) is 4.79 Å². The van der Waals surface area contributed by atoms with Crippen LogP contribution < -0.4 is 4.90 Å². The zero-order valence-corrected chi connectivity index (χ0v) is 11.1. The van der Waals surface area contributed by atoms with Gasteiger partial charge in [0.05, 0.1) is 30.3 Å². The summed E-state index contributed by atoms with van der Waals surface area (Å²) in [4.78, 5) is 14.1. The second-order valence-corrected chi connectivity index (χ2v) is 4.59. The summed E-state index contributed by atoms with van der Waals surface area (Å²) in [6.07, 6.45) is 2.56. The number of benzene rings is 1. The molecule has 1 aliphatic heterocycles. The van der Waals surface area contributed by atoms with Gasteiger partial charge in [0.15, 0.2) is 0 Å². The van der Waals surface area contributed by atoms with Crippen LogP contribution in [-0.4, -0.2) is 25.2 Å². The molecule has 0 aromatic heterocycles. The smallest absolute Gasteiger partial charge is 0.340 e. The van der Waals surface area contributed by atoms with E-state index in [0.29, 0.717) is 18.6 Å². The van der Waals surface area contributed by atoms with Crippen molar-refractivity contribution in [1.29, 1.82) is 5.26 Å². The number of ether oxygens (including phenoxy) is 1. The van der Waals surface area contributed by atoms with Crippen molar-refractivity contribution in [2.45, 2.75) is 32.2 Å². The number of esters is 1. The Kier molecular flexibility index (Phi) is 4.40. The van der Waals surface area contributed by atoms with Gasteiger partial charge in [0.25, 0.3) is 0 Å². The monoisotopic (exact) mass is 258 g/mol. The first-order chi connectivity index (χ1) is 9.27. The molecule has 0 bridgehead atoms. The van der Waals surface area contributed by atoms with Crippen LogP contribution in [0, 0.1) is 11.3 Å². The summed E-state index contributed by atoms with van der Waals surface area (Å²) in [6.45, 7) is 3.06. The van der Waals surface area contributed by atoms with Gasteiger partial charge in [0.1, 0.15) is 0 Å². The normalized spacial score (nSPS) is 18.1. The van der Waals surface area contributed by atoms with Crippen LogP contribution in [0.4, 0.5) is 5.69 Å².